The van der Waals surface area contributed by atoms with Gasteiger partial charge in [0.25, 0.3) is 5.91 Å². The molecular weight excluding hydrogens is 290 g/mol. The van der Waals surface area contributed by atoms with Crippen LogP contribution in [0.25, 0.3) is 0 Å². The minimum atomic E-state index is -0.524. The van der Waals surface area contributed by atoms with Gasteiger partial charge < -0.3 is 10.2 Å². The molecule has 0 aliphatic carbocycles. The van der Waals surface area contributed by atoms with Crippen molar-refractivity contribution in [2.75, 3.05) is 13.1 Å². The number of carbonyl (C=O) groups excluding carboxylic acids is 2. The molecule has 1 aliphatic rings. The topological polar surface area (TPSA) is 62.3 Å². The predicted molar refractivity (Wildman–Crippen MR) is 89.9 cm³/mol. The molecule has 2 amide bonds. The van der Waals surface area contributed by atoms with E-state index in [1.54, 1.807) is 30.6 Å². The van der Waals surface area contributed by atoms with E-state index in [1.165, 1.54) is 0 Å². The second kappa shape index (κ2) is 7.40. The summed E-state index contributed by atoms with van der Waals surface area (Å²) in [6.07, 6.45) is 7.24. The Morgan fingerprint density at radius 2 is 2.00 bits per heavy atom. The van der Waals surface area contributed by atoms with Gasteiger partial charge in [-0.3, -0.25) is 14.6 Å². The highest BCUT2D eigenvalue weighted by molar-refractivity contribution is 5.94. The summed E-state index contributed by atoms with van der Waals surface area (Å²) in [5.41, 5.74) is 0.136. The van der Waals surface area contributed by atoms with Crippen molar-refractivity contribution in [3.05, 3.63) is 42.7 Å². The van der Waals surface area contributed by atoms with Crippen LogP contribution in [0, 0.1) is 5.41 Å². The lowest BCUT2D eigenvalue weighted by molar-refractivity contribution is -0.129. The zero-order valence-corrected chi connectivity index (χ0v) is 13.9. The SMILES string of the molecule is C=C[C@@](C)(CC)C(=O)NC1CCN(C(=O)c2ccncc2)CC1. The normalized spacial score (nSPS) is 18.1. The summed E-state index contributed by atoms with van der Waals surface area (Å²) in [6.45, 7) is 8.96. The smallest absolute Gasteiger partial charge is 0.253 e. The van der Waals surface area contributed by atoms with E-state index in [2.05, 4.69) is 16.9 Å². The Morgan fingerprint density at radius 1 is 1.39 bits per heavy atom. The third-order valence-corrected chi connectivity index (χ3v) is 4.75. The Labute approximate surface area is 137 Å². The van der Waals surface area contributed by atoms with Gasteiger partial charge in [0.05, 0.1) is 5.41 Å². The first-order valence-corrected chi connectivity index (χ1v) is 8.14. The second-order valence-corrected chi connectivity index (χ2v) is 6.25. The van der Waals surface area contributed by atoms with Crippen molar-refractivity contribution >= 4 is 11.8 Å². The number of carbonyl (C=O) groups is 2. The third-order valence-electron chi connectivity index (χ3n) is 4.75. The van der Waals surface area contributed by atoms with Gasteiger partial charge in [-0.1, -0.05) is 13.0 Å². The summed E-state index contributed by atoms with van der Waals surface area (Å²) in [5, 5.41) is 3.10. The van der Waals surface area contributed by atoms with E-state index in [4.69, 9.17) is 0 Å². The van der Waals surface area contributed by atoms with Crippen LogP contribution >= 0.6 is 0 Å². The number of likely N-dealkylation sites (tertiary alicyclic amines) is 1. The molecule has 23 heavy (non-hydrogen) atoms. The predicted octanol–water partition coefficient (Wildman–Crippen LogP) is 2.40. The number of piperidine rings is 1. The molecule has 1 fully saturated rings. The van der Waals surface area contributed by atoms with Crippen LogP contribution in [0.2, 0.25) is 0 Å². The summed E-state index contributed by atoms with van der Waals surface area (Å²) in [5.74, 6) is 0.0515. The molecule has 1 N–H and O–H groups in total. The molecule has 0 aromatic carbocycles. The first-order chi connectivity index (χ1) is 11.0. The lowest BCUT2D eigenvalue weighted by Crippen LogP contribution is -2.49. The molecule has 2 heterocycles. The molecule has 0 radical (unpaired) electrons. The Morgan fingerprint density at radius 3 is 2.52 bits per heavy atom. The molecule has 2 rings (SSSR count). The van der Waals surface area contributed by atoms with Crippen molar-refractivity contribution in [3.63, 3.8) is 0 Å². The van der Waals surface area contributed by atoms with Gasteiger partial charge in [0.1, 0.15) is 0 Å². The molecule has 1 aromatic heterocycles. The summed E-state index contributed by atoms with van der Waals surface area (Å²) in [4.78, 5) is 30.5. The van der Waals surface area contributed by atoms with E-state index in [0.717, 1.165) is 19.3 Å². The Kier molecular flexibility index (Phi) is 5.53. The highest BCUT2D eigenvalue weighted by atomic mass is 16.2. The van der Waals surface area contributed by atoms with Crippen molar-refractivity contribution < 1.29 is 9.59 Å². The Bertz CT molecular complexity index is 565. The van der Waals surface area contributed by atoms with Gasteiger partial charge in [-0.05, 0) is 38.3 Å². The van der Waals surface area contributed by atoms with E-state index >= 15 is 0 Å². The number of pyridine rings is 1. The Hall–Kier alpha value is -2.17. The summed E-state index contributed by atoms with van der Waals surface area (Å²) >= 11 is 0. The second-order valence-electron chi connectivity index (χ2n) is 6.25. The Balaban J connectivity index is 1.88. The van der Waals surface area contributed by atoms with E-state index in [1.807, 2.05) is 18.7 Å². The van der Waals surface area contributed by atoms with Gasteiger partial charge in [-0.15, -0.1) is 6.58 Å². The van der Waals surface area contributed by atoms with E-state index in [-0.39, 0.29) is 17.9 Å². The zero-order valence-electron chi connectivity index (χ0n) is 13.9. The molecule has 1 atom stereocenters. The van der Waals surface area contributed by atoms with E-state index in [9.17, 15) is 9.59 Å². The lowest BCUT2D eigenvalue weighted by Gasteiger charge is -2.34. The molecular formula is C18H25N3O2. The maximum Gasteiger partial charge on any atom is 0.253 e. The number of amides is 2. The molecule has 5 nitrogen and oxygen atoms in total. The minimum absolute atomic E-state index is 0.0221. The third kappa shape index (κ3) is 3.97. The van der Waals surface area contributed by atoms with Crippen LogP contribution in [-0.4, -0.2) is 40.8 Å². The van der Waals surface area contributed by atoms with Gasteiger partial charge in [-0.2, -0.15) is 0 Å². The highest BCUT2D eigenvalue weighted by Crippen LogP contribution is 2.23. The molecule has 0 unspecified atom stereocenters. The molecule has 124 valence electrons. The van der Waals surface area contributed by atoms with Crippen molar-refractivity contribution in [1.29, 1.82) is 0 Å². The van der Waals surface area contributed by atoms with E-state index < -0.39 is 5.41 Å². The van der Waals surface area contributed by atoms with E-state index in [0.29, 0.717) is 18.7 Å². The van der Waals surface area contributed by atoms with Gasteiger partial charge in [0, 0.05) is 37.1 Å². The average molecular weight is 315 g/mol. The largest absolute Gasteiger partial charge is 0.352 e. The standard InChI is InChI=1S/C18H25N3O2/c1-4-18(3,5-2)17(23)20-15-8-12-21(13-9-15)16(22)14-6-10-19-11-7-14/h4,6-7,10-11,15H,1,5,8-9,12-13H2,2-3H3,(H,20,23)/t18-/m0/s1. The molecule has 5 heteroatoms. The molecule has 0 bridgehead atoms. The fraction of sp³-hybridized carbons (Fsp3) is 0.500. The molecule has 1 aromatic rings. The summed E-state index contributed by atoms with van der Waals surface area (Å²) in [6, 6.07) is 3.58. The van der Waals surface area contributed by atoms with Crippen LogP contribution in [0.5, 0.6) is 0 Å². The van der Waals surface area contributed by atoms with Gasteiger partial charge in [0.2, 0.25) is 5.91 Å². The number of nitrogens with one attached hydrogen (secondary N) is 1. The van der Waals surface area contributed by atoms with Crippen LogP contribution in [0.3, 0.4) is 0 Å². The lowest BCUT2D eigenvalue weighted by atomic mass is 9.86. The molecule has 1 saturated heterocycles. The zero-order chi connectivity index (χ0) is 16.9. The molecule has 0 saturated carbocycles. The number of rotatable bonds is 5. The molecule has 0 spiro atoms. The van der Waals surface area contributed by atoms with Gasteiger partial charge in [0.15, 0.2) is 0 Å². The van der Waals surface area contributed by atoms with Gasteiger partial charge in [-0.25, -0.2) is 0 Å². The maximum absolute atomic E-state index is 12.4. The van der Waals surface area contributed by atoms with Crippen LogP contribution in [0.15, 0.2) is 37.2 Å². The molecule has 1 aliphatic heterocycles. The van der Waals surface area contributed by atoms with Crippen LogP contribution < -0.4 is 5.32 Å². The number of hydrogen-bond acceptors (Lipinski definition) is 3. The number of hydrogen-bond donors (Lipinski definition) is 1. The van der Waals surface area contributed by atoms with Crippen molar-refractivity contribution in [2.24, 2.45) is 5.41 Å². The number of nitrogens with zero attached hydrogens (tertiary/aromatic N) is 2. The fourth-order valence-corrected chi connectivity index (χ4v) is 2.65. The van der Waals surface area contributed by atoms with Crippen LogP contribution in [0.4, 0.5) is 0 Å². The number of aromatic nitrogens is 1. The highest BCUT2D eigenvalue weighted by Gasteiger charge is 2.31. The van der Waals surface area contributed by atoms with Gasteiger partial charge >= 0.3 is 0 Å². The average Bonchev–Trinajstić information content (AvgIpc) is 2.61. The monoisotopic (exact) mass is 315 g/mol. The maximum atomic E-state index is 12.4. The first kappa shape index (κ1) is 17.2. The minimum Gasteiger partial charge on any atom is -0.352 e. The van der Waals surface area contributed by atoms with Crippen molar-refractivity contribution in [2.45, 2.75) is 39.2 Å². The van der Waals surface area contributed by atoms with Crippen LogP contribution in [-0.2, 0) is 4.79 Å². The summed E-state index contributed by atoms with van der Waals surface area (Å²) < 4.78 is 0. The fourth-order valence-electron chi connectivity index (χ4n) is 2.65. The van der Waals surface area contributed by atoms with Crippen LogP contribution in [0.1, 0.15) is 43.5 Å². The summed E-state index contributed by atoms with van der Waals surface area (Å²) in [7, 11) is 0. The van der Waals surface area contributed by atoms with Crippen molar-refractivity contribution in [3.8, 4) is 0 Å². The quantitative estimate of drug-likeness (QED) is 0.849. The van der Waals surface area contributed by atoms with Crippen molar-refractivity contribution in [1.82, 2.24) is 15.2 Å². The first-order valence-electron chi connectivity index (χ1n) is 8.14.